The van der Waals surface area contributed by atoms with E-state index in [0.717, 1.165) is 55.1 Å². The van der Waals surface area contributed by atoms with Gasteiger partial charge < -0.3 is 20.4 Å². The number of anilines is 1. The molecular formula is C22H33N7OS. The summed E-state index contributed by atoms with van der Waals surface area (Å²) in [6.45, 7) is 12.1. The first-order valence-electron chi connectivity index (χ1n) is 10.7. The minimum atomic E-state index is -0.262. The van der Waals surface area contributed by atoms with E-state index in [-0.39, 0.29) is 11.4 Å². The molecule has 0 unspecified atom stereocenters. The van der Waals surface area contributed by atoms with E-state index in [1.807, 2.05) is 45.0 Å². The summed E-state index contributed by atoms with van der Waals surface area (Å²) in [5.41, 5.74) is 1.45. The number of benzene rings is 1. The molecule has 0 atom stereocenters. The van der Waals surface area contributed by atoms with Crippen LogP contribution in [0.1, 0.15) is 49.4 Å². The quantitative estimate of drug-likeness (QED) is 0.546. The van der Waals surface area contributed by atoms with E-state index in [1.165, 1.54) is 11.5 Å². The molecule has 0 aliphatic carbocycles. The predicted molar refractivity (Wildman–Crippen MR) is 127 cm³/mol. The lowest BCUT2D eigenvalue weighted by molar-refractivity contribution is 0.0919. The largest absolute Gasteiger partial charge is 0.352 e. The highest BCUT2D eigenvalue weighted by Gasteiger charge is 2.22. The van der Waals surface area contributed by atoms with Crippen LogP contribution in [0.2, 0.25) is 0 Å². The number of rotatable bonds is 5. The van der Waals surface area contributed by atoms with E-state index >= 15 is 0 Å². The normalized spacial score (nSPS) is 15.2. The van der Waals surface area contributed by atoms with E-state index in [1.54, 1.807) is 7.05 Å². The van der Waals surface area contributed by atoms with Gasteiger partial charge in [-0.05, 0) is 38.5 Å². The topological polar surface area (TPSA) is 85.8 Å². The molecule has 31 heavy (non-hydrogen) atoms. The number of carbonyl (C=O) groups is 1. The summed E-state index contributed by atoms with van der Waals surface area (Å²) < 4.78 is 4.39. The van der Waals surface area contributed by atoms with Gasteiger partial charge in [0.15, 0.2) is 5.96 Å². The second kappa shape index (κ2) is 10.1. The number of nitrogens with zero attached hydrogens (tertiary/aromatic N) is 5. The Hall–Kier alpha value is -2.68. The molecule has 8 nitrogen and oxygen atoms in total. The molecule has 2 N–H and O–H groups in total. The summed E-state index contributed by atoms with van der Waals surface area (Å²) in [5.74, 6) is 1.73. The molecule has 168 valence electrons. The summed E-state index contributed by atoms with van der Waals surface area (Å²) in [5, 5.41) is 7.45. The van der Waals surface area contributed by atoms with Crippen molar-refractivity contribution in [1.82, 2.24) is 24.9 Å². The number of aromatic nitrogens is 2. The second-order valence-electron chi connectivity index (χ2n) is 8.63. The summed E-state index contributed by atoms with van der Waals surface area (Å²) >= 11 is 1.48. The molecule has 9 heteroatoms. The van der Waals surface area contributed by atoms with Crippen LogP contribution in [0.25, 0.3) is 0 Å². The first-order chi connectivity index (χ1) is 14.8. The highest BCUT2D eigenvalue weighted by atomic mass is 32.1. The molecule has 0 spiro atoms. The molecule has 1 aliphatic heterocycles. The van der Waals surface area contributed by atoms with Crippen LogP contribution in [0.3, 0.4) is 0 Å². The van der Waals surface area contributed by atoms with Crippen LogP contribution in [0.5, 0.6) is 0 Å². The van der Waals surface area contributed by atoms with Crippen molar-refractivity contribution in [1.29, 1.82) is 0 Å². The molecule has 2 heterocycles. The van der Waals surface area contributed by atoms with Crippen molar-refractivity contribution >= 4 is 28.5 Å². The Morgan fingerprint density at radius 3 is 2.58 bits per heavy atom. The molecule has 1 fully saturated rings. The highest BCUT2D eigenvalue weighted by Crippen LogP contribution is 2.19. The third-order valence-electron chi connectivity index (χ3n) is 4.96. The number of hydrogen-bond acceptors (Lipinski definition) is 6. The third-order valence-corrected chi connectivity index (χ3v) is 5.78. The fourth-order valence-electron chi connectivity index (χ4n) is 3.38. The van der Waals surface area contributed by atoms with E-state index in [4.69, 9.17) is 0 Å². The maximum Gasteiger partial charge on any atom is 0.251 e. The first kappa shape index (κ1) is 23.0. The zero-order valence-corrected chi connectivity index (χ0v) is 19.9. The summed E-state index contributed by atoms with van der Waals surface area (Å²) in [6, 6.07) is 7.71. The van der Waals surface area contributed by atoms with Crippen molar-refractivity contribution in [3.63, 3.8) is 0 Å². The summed E-state index contributed by atoms with van der Waals surface area (Å²) in [7, 11) is 1.81. The summed E-state index contributed by atoms with van der Waals surface area (Å²) in [6.07, 6.45) is 0.867. The number of hydrogen-bond donors (Lipinski definition) is 2. The van der Waals surface area contributed by atoms with Crippen LogP contribution in [0, 0.1) is 0 Å². The Labute approximate surface area is 188 Å². The zero-order chi connectivity index (χ0) is 22.4. The van der Waals surface area contributed by atoms with Gasteiger partial charge in [-0.2, -0.15) is 4.37 Å². The van der Waals surface area contributed by atoms with Crippen molar-refractivity contribution < 1.29 is 4.79 Å². The molecule has 1 aliphatic rings. The fourth-order valence-corrected chi connectivity index (χ4v) is 4.18. The smallest absolute Gasteiger partial charge is 0.251 e. The van der Waals surface area contributed by atoms with E-state index < -0.39 is 0 Å². The van der Waals surface area contributed by atoms with Crippen LogP contribution in [0.4, 0.5) is 5.13 Å². The van der Waals surface area contributed by atoms with Gasteiger partial charge in [0, 0.05) is 68.8 Å². The number of nitrogens with one attached hydrogen (secondary N) is 2. The van der Waals surface area contributed by atoms with Crippen LogP contribution >= 0.6 is 11.5 Å². The van der Waals surface area contributed by atoms with Crippen molar-refractivity contribution in [3.05, 3.63) is 41.2 Å². The molecule has 0 bridgehead atoms. The highest BCUT2D eigenvalue weighted by molar-refractivity contribution is 7.09. The van der Waals surface area contributed by atoms with Crippen LogP contribution in [0.15, 0.2) is 29.3 Å². The van der Waals surface area contributed by atoms with Gasteiger partial charge in [0.2, 0.25) is 5.13 Å². The van der Waals surface area contributed by atoms with Gasteiger partial charge >= 0.3 is 0 Å². The molecule has 1 saturated heterocycles. The molecule has 2 aromatic rings. The maximum absolute atomic E-state index is 12.4. The Morgan fingerprint density at radius 1 is 1.23 bits per heavy atom. The predicted octanol–water partition coefficient (Wildman–Crippen LogP) is 2.53. The van der Waals surface area contributed by atoms with E-state index in [9.17, 15) is 4.79 Å². The zero-order valence-electron chi connectivity index (χ0n) is 19.1. The number of guanidine groups is 1. The van der Waals surface area contributed by atoms with Gasteiger partial charge in [-0.3, -0.25) is 9.79 Å². The summed E-state index contributed by atoms with van der Waals surface area (Å²) in [4.78, 5) is 26.0. The minimum Gasteiger partial charge on any atom is -0.352 e. The van der Waals surface area contributed by atoms with Crippen LogP contribution < -0.4 is 15.5 Å². The number of piperazine rings is 1. The van der Waals surface area contributed by atoms with Gasteiger partial charge in [-0.25, -0.2) is 4.98 Å². The standard InChI is InChI=1S/C22H33N7OS/c1-6-18-25-21(31-27-18)29-12-10-28(11-13-29)20(23-5)24-15-16-8-7-9-17(14-16)19(30)26-22(2,3)4/h7-9,14H,6,10-13,15H2,1-5H3,(H,23,24)(H,26,30). The Balaban J connectivity index is 1.54. The van der Waals surface area contributed by atoms with Gasteiger partial charge in [0.05, 0.1) is 0 Å². The van der Waals surface area contributed by atoms with Crippen LogP contribution in [-0.2, 0) is 13.0 Å². The van der Waals surface area contributed by atoms with Crippen molar-refractivity contribution in [2.45, 2.75) is 46.2 Å². The molecule has 0 saturated carbocycles. The molecule has 1 aromatic heterocycles. The van der Waals surface area contributed by atoms with Crippen molar-refractivity contribution in [2.24, 2.45) is 4.99 Å². The van der Waals surface area contributed by atoms with Gasteiger partial charge in [-0.15, -0.1) is 0 Å². The number of aliphatic imine (C=N–C) groups is 1. The number of aryl methyl sites for hydroxylation is 1. The molecule has 3 rings (SSSR count). The second-order valence-corrected chi connectivity index (χ2v) is 9.36. The molecule has 0 radical (unpaired) electrons. The lowest BCUT2D eigenvalue weighted by Gasteiger charge is -2.36. The Kier molecular flexibility index (Phi) is 7.48. The lowest BCUT2D eigenvalue weighted by atomic mass is 10.1. The Morgan fingerprint density at radius 2 is 1.97 bits per heavy atom. The van der Waals surface area contributed by atoms with Crippen LogP contribution in [-0.4, -0.2) is 64.9 Å². The fraction of sp³-hybridized carbons (Fsp3) is 0.545. The van der Waals surface area contributed by atoms with Crippen molar-refractivity contribution in [2.75, 3.05) is 38.1 Å². The average Bonchev–Trinajstić information content (AvgIpc) is 3.23. The van der Waals surface area contributed by atoms with Gasteiger partial charge in [-0.1, -0.05) is 19.1 Å². The SMILES string of the molecule is CCc1nsc(N2CCN(C(=NC)NCc3cccc(C(=O)NC(C)(C)C)c3)CC2)n1. The maximum atomic E-state index is 12.4. The van der Waals surface area contributed by atoms with Gasteiger partial charge in [0.25, 0.3) is 5.91 Å². The molecule has 1 amide bonds. The third kappa shape index (κ3) is 6.40. The lowest BCUT2D eigenvalue weighted by Crippen LogP contribution is -2.52. The first-order valence-corrected chi connectivity index (χ1v) is 11.5. The Bertz CT molecular complexity index is 911. The van der Waals surface area contributed by atoms with E-state index in [2.05, 4.69) is 41.7 Å². The average molecular weight is 444 g/mol. The minimum absolute atomic E-state index is 0.0576. The number of carbonyl (C=O) groups excluding carboxylic acids is 1. The van der Waals surface area contributed by atoms with E-state index in [0.29, 0.717) is 12.1 Å². The van der Waals surface area contributed by atoms with Crippen molar-refractivity contribution in [3.8, 4) is 0 Å². The monoisotopic (exact) mass is 443 g/mol. The molecular weight excluding hydrogens is 410 g/mol. The van der Waals surface area contributed by atoms with Gasteiger partial charge in [0.1, 0.15) is 5.82 Å². The molecule has 1 aromatic carbocycles. The number of amides is 1.